The Labute approximate surface area is 288 Å². The first-order valence-electron chi connectivity index (χ1n) is 15.1. The van der Waals surface area contributed by atoms with Gasteiger partial charge in [0, 0.05) is 68.4 Å². The number of hydrogen-bond donors (Lipinski definition) is 6. The van der Waals surface area contributed by atoms with E-state index >= 15 is 0 Å². The lowest BCUT2D eigenvalue weighted by Gasteiger charge is -2.30. The van der Waals surface area contributed by atoms with Crippen LogP contribution in [0.15, 0.2) is 138 Å². The summed E-state index contributed by atoms with van der Waals surface area (Å²) in [7, 11) is 0. The number of anilines is 3. The summed E-state index contributed by atoms with van der Waals surface area (Å²) in [4.78, 5) is 4.60. The van der Waals surface area contributed by atoms with Crippen LogP contribution in [0.4, 0.5) is 39.8 Å². The van der Waals surface area contributed by atoms with E-state index < -0.39 is 0 Å². The number of benzene rings is 6. The molecule has 3 N–H and O–H groups in total. The minimum Gasteiger partial charge on any atom is -0.505 e. The summed E-state index contributed by atoms with van der Waals surface area (Å²) in [6, 6.07) is 32.9. The minimum absolute atomic E-state index is 0.00635. The third-order valence-electron chi connectivity index (χ3n) is 8.05. The summed E-state index contributed by atoms with van der Waals surface area (Å²) >= 11 is 13.7. The number of aromatic hydroxyl groups is 1. The van der Waals surface area contributed by atoms with Crippen molar-refractivity contribution >= 4 is 99.2 Å². The average Bonchev–Trinajstić information content (AvgIpc) is 3.09. The molecule has 0 unspecified atom stereocenters. The Kier molecular flexibility index (Phi) is 9.03. The van der Waals surface area contributed by atoms with E-state index in [4.69, 9.17) is 12.6 Å². The van der Waals surface area contributed by atoms with Gasteiger partial charge in [0.1, 0.15) is 5.69 Å². The quantitative estimate of drug-likeness (QED) is 0.0751. The molecule has 0 aromatic heterocycles. The Morgan fingerprint density at radius 1 is 0.638 bits per heavy atom. The van der Waals surface area contributed by atoms with Crippen molar-refractivity contribution in [2.24, 2.45) is 20.5 Å². The molecule has 0 atom stereocenters. The number of piperazine rings is 1. The van der Waals surface area contributed by atoms with Crippen molar-refractivity contribution in [3.05, 3.63) is 103 Å². The number of fused-ring (bicyclic) bond motifs is 2. The second kappa shape index (κ2) is 13.7. The molecule has 1 aliphatic heterocycles. The molecule has 0 spiro atoms. The predicted octanol–water partition coefficient (Wildman–Crippen LogP) is 10.5. The van der Waals surface area contributed by atoms with Crippen LogP contribution in [0.1, 0.15) is 0 Å². The van der Waals surface area contributed by atoms with Gasteiger partial charge in [0.15, 0.2) is 5.75 Å². The van der Waals surface area contributed by atoms with Gasteiger partial charge >= 0.3 is 0 Å². The Bertz CT molecular complexity index is 2160. The van der Waals surface area contributed by atoms with Crippen molar-refractivity contribution in [2.45, 2.75) is 14.7 Å². The van der Waals surface area contributed by atoms with E-state index in [1.54, 1.807) is 0 Å². The average molecular weight is 674 g/mol. The zero-order valence-electron chi connectivity index (χ0n) is 25.2. The van der Waals surface area contributed by atoms with Crippen LogP contribution in [0, 0.1) is 0 Å². The van der Waals surface area contributed by atoms with Crippen molar-refractivity contribution in [3.63, 3.8) is 0 Å². The molecule has 0 aliphatic carbocycles. The predicted molar refractivity (Wildman–Crippen MR) is 201 cm³/mol. The summed E-state index contributed by atoms with van der Waals surface area (Å²) in [5, 5.41) is 39.4. The molecule has 234 valence electrons. The van der Waals surface area contributed by atoms with E-state index in [1.807, 2.05) is 97.1 Å². The number of hydrogen-bond acceptors (Lipinski definition) is 11. The van der Waals surface area contributed by atoms with E-state index in [2.05, 4.69) is 67.3 Å². The molecule has 6 aromatic carbocycles. The highest BCUT2D eigenvalue weighted by Gasteiger charge is 2.15. The third-order valence-corrected chi connectivity index (χ3v) is 9.05. The summed E-state index contributed by atoms with van der Waals surface area (Å²) in [6.07, 6.45) is 0. The first-order valence-corrected chi connectivity index (χ1v) is 16.5. The Hall–Kier alpha value is -4.55. The lowest BCUT2D eigenvalue weighted by Crippen LogP contribution is -2.43. The van der Waals surface area contributed by atoms with Gasteiger partial charge in [0.2, 0.25) is 0 Å². The molecule has 11 heteroatoms. The van der Waals surface area contributed by atoms with Crippen molar-refractivity contribution in [1.82, 2.24) is 5.32 Å². The summed E-state index contributed by atoms with van der Waals surface area (Å²) < 4.78 is 0. The fourth-order valence-electron chi connectivity index (χ4n) is 5.64. The highest BCUT2D eigenvalue weighted by Crippen LogP contribution is 2.43. The molecule has 1 saturated heterocycles. The van der Waals surface area contributed by atoms with Gasteiger partial charge in [0.05, 0.1) is 22.7 Å². The molecule has 0 bridgehead atoms. The smallest absolute Gasteiger partial charge is 0.152 e. The number of azo groups is 2. The molecule has 1 fully saturated rings. The van der Waals surface area contributed by atoms with Crippen LogP contribution in [0.2, 0.25) is 0 Å². The molecule has 6 aromatic rings. The van der Waals surface area contributed by atoms with Crippen LogP contribution in [-0.2, 0) is 0 Å². The SMILES string of the molecule is Oc1c(N=Nc2ccc(N=Nc3ccc(N4CCNCC4)c(S)c3)c3ccccc23)c(S)cc2ccc(Nc3ccc(S)cc3)cc12. The van der Waals surface area contributed by atoms with E-state index in [-0.39, 0.29) is 11.4 Å². The van der Waals surface area contributed by atoms with Crippen molar-refractivity contribution in [1.29, 1.82) is 0 Å². The summed E-state index contributed by atoms with van der Waals surface area (Å²) in [5.74, 6) is 0.00635. The van der Waals surface area contributed by atoms with Crippen molar-refractivity contribution in [3.8, 4) is 5.75 Å². The summed E-state index contributed by atoms with van der Waals surface area (Å²) in [5.41, 5.74) is 5.20. The normalized spacial score (nSPS) is 13.7. The fraction of sp³-hybridized carbons (Fsp3) is 0.111. The van der Waals surface area contributed by atoms with Crippen molar-refractivity contribution in [2.75, 3.05) is 36.4 Å². The lowest BCUT2D eigenvalue weighted by atomic mass is 10.1. The van der Waals surface area contributed by atoms with E-state index in [0.717, 1.165) is 74.9 Å². The van der Waals surface area contributed by atoms with Crippen LogP contribution < -0.4 is 15.5 Å². The molecule has 7 rings (SSSR count). The molecule has 1 aliphatic rings. The highest BCUT2D eigenvalue weighted by molar-refractivity contribution is 7.80. The highest BCUT2D eigenvalue weighted by atomic mass is 32.1. The van der Waals surface area contributed by atoms with Gasteiger partial charge in [0.25, 0.3) is 0 Å². The van der Waals surface area contributed by atoms with Gasteiger partial charge in [-0.1, -0.05) is 30.3 Å². The molecule has 47 heavy (non-hydrogen) atoms. The number of phenols is 1. The van der Waals surface area contributed by atoms with Gasteiger partial charge in [-0.15, -0.1) is 53.2 Å². The van der Waals surface area contributed by atoms with E-state index in [9.17, 15) is 5.11 Å². The molecule has 0 amide bonds. The molecular formula is C36H31N7OS3. The Morgan fingerprint density at radius 2 is 1.32 bits per heavy atom. The van der Waals surface area contributed by atoms with Crippen LogP contribution in [-0.4, -0.2) is 31.3 Å². The van der Waals surface area contributed by atoms with Gasteiger partial charge in [-0.25, -0.2) is 0 Å². The second-order valence-electron chi connectivity index (χ2n) is 11.2. The molecule has 0 saturated carbocycles. The van der Waals surface area contributed by atoms with E-state index in [1.165, 1.54) is 0 Å². The monoisotopic (exact) mass is 673 g/mol. The number of phenolic OH excluding ortho intramolecular Hbond substituents is 1. The number of nitrogens with zero attached hydrogens (tertiary/aromatic N) is 5. The Balaban J connectivity index is 1.16. The first-order chi connectivity index (χ1) is 22.9. The maximum absolute atomic E-state index is 11.3. The van der Waals surface area contributed by atoms with Crippen LogP contribution in [0.25, 0.3) is 21.5 Å². The topological polar surface area (TPSA) is 97.0 Å². The summed E-state index contributed by atoms with van der Waals surface area (Å²) in [6.45, 7) is 3.82. The molecule has 0 radical (unpaired) electrons. The number of thiol groups is 3. The van der Waals surface area contributed by atoms with Gasteiger partial charge in [-0.2, -0.15) is 5.11 Å². The number of nitrogens with one attached hydrogen (secondary N) is 2. The standard InChI is InChI=1S/C36H31N7OS3/c44-36-29-20-24(38-23-7-10-26(45)11-8-23)6-5-22(29)19-34(47)35(36)42-41-31-13-12-30(27-3-1-2-4-28(27)31)40-39-25-9-14-32(33(46)21-25)43-17-15-37-16-18-43/h1-14,19-21,37-38,44-47H,15-18H2. The van der Waals surface area contributed by atoms with Crippen LogP contribution >= 0.6 is 37.9 Å². The van der Waals surface area contributed by atoms with Crippen molar-refractivity contribution < 1.29 is 5.11 Å². The first kappa shape index (κ1) is 31.1. The van der Waals surface area contributed by atoms with Gasteiger partial charge < -0.3 is 20.6 Å². The third kappa shape index (κ3) is 6.79. The minimum atomic E-state index is 0.00635. The second-order valence-corrected chi connectivity index (χ2v) is 12.6. The maximum atomic E-state index is 11.3. The Morgan fingerprint density at radius 3 is 2.02 bits per heavy atom. The van der Waals surface area contributed by atoms with Gasteiger partial charge in [-0.3, -0.25) is 0 Å². The maximum Gasteiger partial charge on any atom is 0.152 e. The van der Waals surface area contributed by atoms with Gasteiger partial charge in [-0.05, 0) is 78.2 Å². The molecule has 8 nitrogen and oxygen atoms in total. The lowest BCUT2D eigenvalue weighted by molar-refractivity contribution is 0.481. The zero-order chi connectivity index (χ0) is 32.3. The largest absolute Gasteiger partial charge is 0.505 e. The number of rotatable bonds is 7. The zero-order valence-corrected chi connectivity index (χ0v) is 27.9. The van der Waals surface area contributed by atoms with Crippen LogP contribution in [0.5, 0.6) is 5.75 Å². The molecular weight excluding hydrogens is 643 g/mol. The van der Waals surface area contributed by atoms with E-state index in [0.29, 0.717) is 21.7 Å². The molecule has 1 heterocycles. The fourth-order valence-corrected chi connectivity index (χ4v) is 6.43. The van der Waals surface area contributed by atoms with Crippen LogP contribution in [0.3, 0.4) is 0 Å².